The Hall–Kier alpha value is -2.64. The van der Waals surface area contributed by atoms with Crippen LogP contribution < -0.4 is 5.32 Å². The van der Waals surface area contributed by atoms with Gasteiger partial charge in [-0.15, -0.1) is 0 Å². The molecule has 0 spiro atoms. The first-order valence-corrected chi connectivity index (χ1v) is 11.9. The average molecular weight is 449 g/mol. The lowest BCUT2D eigenvalue weighted by Gasteiger charge is -2.28. The molecule has 1 aromatic rings. The Balaban J connectivity index is 1.69. The SMILES string of the molecule is CCCC(C(=O)N[C@H]1CC[C@@H]2CN(S(=O)(=O)c3ccc(C#N)cc3)C[C@@H]21)N(C)C(=O)O. The first-order chi connectivity index (χ1) is 14.7. The third-order valence-corrected chi connectivity index (χ3v) is 8.25. The molecule has 1 aliphatic carbocycles. The molecule has 1 heterocycles. The molecule has 1 saturated heterocycles. The van der Waals surface area contributed by atoms with E-state index in [1.807, 2.05) is 13.0 Å². The van der Waals surface area contributed by atoms with E-state index in [1.165, 1.54) is 35.6 Å². The quantitative estimate of drug-likeness (QED) is 0.655. The number of nitrogens with one attached hydrogen (secondary N) is 1. The van der Waals surface area contributed by atoms with Crippen molar-refractivity contribution in [3.05, 3.63) is 29.8 Å². The average Bonchev–Trinajstić information content (AvgIpc) is 3.34. The van der Waals surface area contributed by atoms with Gasteiger partial charge in [0.2, 0.25) is 15.9 Å². The predicted octanol–water partition coefficient (Wildman–Crippen LogP) is 1.85. The maximum Gasteiger partial charge on any atom is 0.407 e. The van der Waals surface area contributed by atoms with Gasteiger partial charge in [-0.25, -0.2) is 13.2 Å². The lowest BCUT2D eigenvalue weighted by atomic mass is 9.97. The van der Waals surface area contributed by atoms with Gasteiger partial charge in [0.25, 0.3) is 0 Å². The van der Waals surface area contributed by atoms with Gasteiger partial charge in [0.05, 0.1) is 16.5 Å². The molecular formula is C21H28N4O5S. The van der Waals surface area contributed by atoms with Gasteiger partial charge >= 0.3 is 6.09 Å². The second kappa shape index (κ2) is 9.24. The molecule has 0 aromatic heterocycles. The summed E-state index contributed by atoms with van der Waals surface area (Å²) in [7, 11) is -2.29. The zero-order valence-electron chi connectivity index (χ0n) is 17.7. The van der Waals surface area contributed by atoms with Gasteiger partial charge in [0.1, 0.15) is 6.04 Å². The van der Waals surface area contributed by atoms with E-state index in [1.54, 1.807) is 0 Å². The van der Waals surface area contributed by atoms with Gasteiger partial charge in [-0.05, 0) is 55.4 Å². The third-order valence-electron chi connectivity index (χ3n) is 6.41. The highest BCUT2D eigenvalue weighted by Crippen LogP contribution is 2.40. The van der Waals surface area contributed by atoms with Gasteiger partial charge in [-0.2, -0.15) is 9.57 Å². The molecule has 4 atom stereocenters. The second-order valence-corrected chi connectivity index (χ2v) is 10.2. The highest BCUT2D eigenvalue weighted by atomic mass is 32.2. The van der Waals surface area contributed by atoms with E-state index >= 15 is 0 Å². The number of benzene rings is 1. The van der Waals surface area contributed by atoms with Gasteiger partial charge in [0.15, 0.2) is 0 Å². The molecule has 0 bridgehead atoms. The zero-order valence-corrected chi connectivity index (χ0v) is 18.5. The lowest BCUT2D eigenvalue weighted by molar-refractivity contribution is -0.126. The van der Waals surface area contributed by atoms with Crippen molar-refractivity contribution in [2.75, 3.05) is 20.1 Å². The Kier molecular flexibility index (Phi) is 6.86. The Bertz CT molecular complexity index is 972. The summed E-state index contributed by atoms with van der Waals surface area (Å²) in [5.74, 6) is -0.180. The van der Waals surface area contributed by atoms with Crippen molar-refractivity contribution in [2.24, 2.45) is 11.8 Å². The number of carboxylic acid groups (broad SMARTS) is 1. The van der Waals surface area contributed by atoms with Gasteiger partial charge in [-0.1, -0.05) is 13.3 Å². The first kappa shape index (κ1) is 23.0. The molecule has 0 radical (unpaired) electrons. The highest BCUT2D eigenvalue weighted by Gasteiger charge is 2.47. The molecule has 2 amide bonds. The molecule has 3 rings (SSSR count). The Morgan fingerprint density at radius 2 is 1.97 bits per heavy atom. The summed E-state index contributed by atoms with van der Waals surface area (Å²) >= 11 is 0. The Labute approximate surface area is 182 Å². The fourth-order valence-corrected chi connectivity index (χ4v) is 6.17. The van der Waals surface area contributed by atoms with Crippen LogP contribution >= 0.6 is 0 Å². The molecule has 2 N–H and O–H groups in total. The van der Waals surface area contributed by atoms with E-state index in [0.717, 1.165) is 17.7 Å². The van der Waals surface area contributed by atoms with E-state index in [0.29, 0.717) is 31.5 Å². The number of nitrogens with zero attached hydrogens (tertiary/aromatic N) is 3. The number of sulfonamides is 1. The van der Waals surface area contributed by atoms with Crippen molar-refractivity contribution in [1.82, 2.24) is 14.5 Å². The van der Waals surface area contributed by atoms with Crippen LogP contribution in [0.2, 0.25) is 0 Å². The molecule has 10 heteroatoms. The van der Waals surface area contributed by atoms with Gasteiger partial charge in [-0.3, -0.25) is 9.69 Å². The number of hydrogen-bond acceptors (Lipinski definition) is 5. The minimum absolute atomic E-state index is 0.00508. The van der Waals surface area contributed by atoms with E-state index in [9.17, 15) is 23.1 Å². The van der Waals surface area contributed by atoms with Crippen molar-refractivity contribution < 1.29 is 23.1 Å². The summed E-state index contributed by atoms with van der Waals surface area (Å²) in [5, 5.41) is 21.2. The monoisotopic (exact) mass is 448 g/mol. The summed E-state index contributed by atoms with van der Waals surface area (Å²) in [5.41, 5.74) is 0.396. The number of likely N-dealkylation sites (N-methyl/N-ethyl adjacent to an activating group) is 1. The summed E-state index contributed by atoms with van der Waals surface area (Å²) in [6.45, 7) is 2.60. The molecule has 1 aliphatic heterocycles. The topological polar surface area (TPSA) is 131 Å². The summed E-state index contributed by atoms with van der Waals surface area (Å²) < 4.78 is 27.5. The van der Waals surface area contributed by atoms with E-state index < -0.39 is 22.2 Å². The lowest BCUT2D eigenvalue weighted by Crippen LogP contribution is -2.51. The fraction of sp³-hybridized carbons (Fsp3) is 0.571. The standard InChI is InChI=1S/C21H28N4O5S/c1-3-4-19(24(2)21(27)28)20(26)23-18-10-7-15-12-25(13-17(15)18)31(29,30)16-8-5-14(11-22)6-9-16/h5-6,8-9,15,17-19H,3-4,7,10,12-13H2,1-2H3,(H,23,26)(H,27,28)/t15-,17+,18+,19?/m1/s1. The number of fused-ring (bicyclic) bond motifs is 1. The van der Waals surface area contributed by atoms with Crippen LogP contribution in [0.15, 0.2) is 29.2 Å². The minimum atomic E-state index is -3.68. The van der Waals surface area contributed by atoms with Crippen molar-refractivity contribution in [3.8, 4) is 6.07 Å². The van der Waals surface area contributed by atoms with Crippen molar-refractivity contribution in [3.63, 3.8) is 0 Å². The predicted molar refractivity (Wildman–Crippen MR) is 113 cm³/mol. The molecule has 31 heavy (non-hydrogen) atoms. The molecular weight excluding hydrogens is 420 g/mol. The molecule has 2 aliphatic rings. The van der Waals surface area contributed by atoms with Crippen molar-refractivity contribution in [1.29, 1.82) is 5.26 Å². The zero-order chi connectivity index (χ0) is 22.8. The highest BCUT2D eigenvalue weighted by molar-refractivity contribution is 7.89. The second-order valence-electron chi connectivity index (χ2n) is 8.27. The number of amides is 2. The number of rotatable bonds is 7. The molecule has 2 fully saturated rings. The maximum atomic E-state index is 13.0. The summed E-state index contributed by atoms with van der Waals surface area (Å²) in [6, 6.07) is 6.89. The third kappa shape index (κ3) is 4.67. The van der Waals surface area contributed by atoms with Crippen LogP contribution in [0.5, 0.6) is 0 Å². The molecule has 1 unspecified atom stereocenters. The fourth-order valence-electron chi connectivity index (χ4n) is 4.64. The number of carbonyl (C=O) groups excluding carboxylic acids is 1. The van der Waals surface area contributed by atoms with Crippen molar-refractivity contribution in [2.45, 2.75) is 49.6 Å². The molecule has 1 saturated carbocycles. The molecule has 168 valence electrons. The molecule has 1 aromatic carbocycles. The smallest absolute Gasteiger partial charge is 0.407 e. The van der Waals surface area contributed by atoms with Gasteiger partial charge < -0.3 is 10.4 Å². The maximum absolute atomic E-state index is 13.0. The normalized spacial score (nSPS) is 24.2. The largest absolute Gasteiger partial charge is 0.465 e. The Morgan fingerprint density at radius 3 is 2.55 bits per heavy atom. The Morgan fingerprint density at radius 1 is 1.29 bits per heavy atom. The van der Waals surface area contributed by atoms with E-state index in [-0.39, 0.29) is 28.7 Å². The van der Waals surface area contributed by atoms with Crippen LogP contribution in [0.25, 0.3) is 0 Å². The van der Waals surface area contributed by atoms with E-state index in [2.05, 4.69) is 5.32 Å². The van der Waals surface area contributed by atoms with Crippen LogP contribution in [-0.4, -0.2) is 67.0 Å². The van der Waals surface area contributed by atoms with Crippen molar-refractivity contribution >= 4 is 22.0 Å². The minimum Gasteiger partial charge on any atom is -0.465 e. The number of carbonyl (C=O) groups is 2. The van der Waals surface area contributed by atoms with Crippen LogP contribution in [0, 0.1) is 23.2 Å². The molecule has 9 nitrogen and oxygen atoms in total. The van der Waals surface area contributed by atoms with E-state index in [4.69, 9.17) is 5.26 Å². The van der Waals surface area contributed by atoms with Crippen LogP contribution in [0.3, 0.4) is 0 Å². The summed E-state index contributed by atoms with van der Waals surface area (Å²) in [4.78, 5) is 25.3. The van der Waals surface area contributed by atoms with Gasteiger partial charge in [0, 0.05) is 26.2 Å². The number of nitriles is 1. The first-order valence-electron chi connectivity index (χ1n) is 10.5. The summed E-state index contributed by atoms with van der Waals surface area (Å²) in [6.07, 6.45) is 1.50. The van der Waals surface area contributed by atoms with Crippen LogP contribution in [-0.2, 0) is 14.8 Å². The van der Waals surface area contributed by atoms with Crippen LogP contribution in [0.4, 0.5) is 4.79 Å². The number of hydrogen-bond donors (Lipinski definition) is 2. The van der Waals surface area contributed by atoms with Crippen LogP contribution in [0.1, 0.15) is 38.2 Å².